The Hall–Kier alpha value is -1.98. The molecular weight excluding hydrogens is 356 g/mol. The van der Waals surface area contributed by atoms with Crippen molar-refractivity contribution < 1.29 is 9.47 Å². The van der Waals surface area contributed by atoms with Gasteiger partial charge in [0, 0.05) is 6.54 Å². The fourth-order valence-electron chi connectivity index (χ4n) is 2.80. The van der Waals surface area contributed by atoms with E-state index < -0.39 is 0 Å². The zero-order valence-electron chi connectivity index (χ0n) is 14.3. The normalized spacial score (nSPS) is 12.6. The molecule has 2 aromatic rings. The molecular formula is C19H21ClN2O2S. The van der Waals surface area contributed by atoms with Crippen LogP contribution in [0.3, 0.4) is 0 Å². The second-order valence-corrected chi connectivity index (χ2v) is 6.86. The summed E-state index contributed by atoms with van der Waals surface area (Å²) in [6, 6.07) is 10.0. The first kappa shape index (κ1) is 17.8. The summed E-state index contributed by atoms with van der Waals surface area (Å²) in [4.78, 5) is 0. The van der Waals surface area contributed by atoms with Gasteiger partial charge in [0.1, 0.15) is 13.2 Å². The molecule has 132 valence electrons. The van der Waals surface area contributed by atoms with Gasteiger partial charge in [0.15, 0.2) is 16.6 Å². The van der Waals surface area contributed by atoms with E-state index in [1.807, 2.05) is 38.1 Å². The van der Waals surface area contributed by atoms with Crippen molar-refractivity contribution in [2.24, 2.45) is 0 Å². The zero-order chi connectivity index (χ0) is 17.8. The molecule has 1 heterocycles. The van der Waals surface area contributed by atoms with Gasteiger partial charge in [0.05, 0.1) is 10.7 Å². The molecule has 0 unspecified atom stereocenters. The van der Waals surface area contributed by atoms with E-state index in [2.05, 4.69) is 16.7 Å². The van der Waals surface area contributed by atoms with Gasteiger partial charge >= 0.3 is 0 Å². The highest BCUT2D eigenvalue weighted by atomic mass is 35.5. The van der Waals surface area contributed by atoms with Gasteiger partial charge < -0.3 is 20.1 Å². The third-order valence-corrected chi connectivity index (χ3v) is 4.52. The molecule has 0 amide bonds. The van der Waals surface area contributed by atoms with Crippen molar-refractivity contribution >= 4 is 34.6 Å². The lowest BCUT2D eigenvalue weighted by atomic mass is 10.1. The summed E-state index contributed by atoms with van der Waals surface area (Å²) in [7, 11) is 0. The predicted molar refractivity (Wildman–Crippen MR) is 106 cm³/mol. The average molecular weight is 377 g/mol. The lowest BCUT2D eigenvalue weighted by Gasteiger charge is -2.19. The number of hydrogen-bond acceptors (Lipinski definition) is 3. The summed E-state index contributed by atoms with van der Waals surface area (Å²) >= 11 is 11.7. The molecule has 0 aromatic heterocycles. The Bertz CT molecular complexity index is 772. The Kier molecular flexibility index (Phi) is 5.66. The van der Waals surface area contributed by atoms with Crippen LogP contribution in [0.15, 0.2) is 30.3 Å². The number of nitrogens with one attached hydrogen (secondary N) is 2. The molecule has 1 aliphatic rings. The minimum absolute atomic E-state index is 0.561. The molecule has 1 aliphatic heterocycles. The van der Waals surface area contributed by atoms with Crippen molar-refractivity contribution in [1.29, 1.82) is 0 Å². The molecule has 0 atom stereocenters. The molecule has 0 saturated heterocycles. The number of rotatable bonds is 4. The van der Waals surface area contributed by atoms with E-state index in [9.17, 15) is 0 Å². The summed E-state index contributed by atoms with van der Waals surface area (Å²) in [5.41, 5.74) is 4.22. The third-order valence-electron chi connectivity index (χ3n) is 3.98. The molecule has 0 spiro atoms. The molecule has 25 heavy (non-hydrogen) atoms. The number of fused-ring (bicyclic) bond motifs is 1. The average Bonchev–Trinajstić information content (AvgIpc) is 2.58. The van der Waals surface area contributed by atoms with E-state index in [1.54, 1.807) is 0 Å². The number of thiocarbonyl (C=S) groups is 1. The molecule has 0 aliphatic carbocycles. The minimum Gasteiger partial charge on any atom is -0.486 e. The number of anilines is 1. The van der Waals surface area contributed by atoms with Crippen molar-refractivity contribution in [2.45, 2.75) is 20.3 Å². The van der Waals surface area contributed by atoms with Crippen LogP contribution >= 0.6 is 23.8 Å². The first-order valence-electron chi connectivity index (χ1n) is 8.23. The fraction of sp³-hybridized carbons (Fsp3) is 0.316. The van der Waals surface area contributed by atoms with Gasteiger partial charge in [-0.15, -0.1) is 0 Å². The molecule has 0 bridgehead atoms. The zero-order valence-corrected chi connectivity index (χ0v) is 15.9. The van der Waals surface area contributed by atoms with Gasteiger partial charge in [0.2, 0.25) is 0 Å². The van der Waals surface area contributed by atoms with Crippen LogP contribution in [0.5, 0.6) is 11.5 Å². The molecule has 0 saturated carbocycles. The standard InChI is InChI=1S/C19H21ClN2O2S/c1-12-9-13(2)18(15(20)10-12)22-19(25)21-6-5-14-3-4-16-17(11-14)24-8-7-23-16/h3-4,9-11H,5-8H2,1-2H3,(H2,21,22,25). The molecule has 2 N–H and O–H groups in total. The SMILES string of the molecule is Cc1cc(C)c(NC(=S)NCCc2ccc3c(c2)OCCO3)c(Cl)c1. The second kappa shape index (κ2) is 7.93. The number of hydrogen-bond donors (Lipinski definition) is 2. The number of aryl methyl sites for hydroxylation is 2. The Morgan fingerprint density at radius 3 is 2.64 bits per heavy atom. The summed E-state index contributed by atoms with van der Waals surface area (Å²) < 4.78 is 11.1. The maximum atomic E-state index is 6.30. The van der Waals surface area contributed by atoms with E-state index in [4.69, 9.17) is 33.3 Å². The van der Waals surface area contributed by atoms with Crippen molar-refractivity contribution in [3.63, 3.8) is 0 Å². The van der Waals surface area contributed by atoms with Crippen molar-refractivity contribution in [1.82, 2.24) is 5.32 Å². The van der Waals surface area contributed by atoms with Crippen LogP contribution in [-0.2, 0) is 6.42 Å². The van der Waals surface area contributed by atoms with Gasteiger partial charge in [-0.1, -0.05) is 23.7 Å². The second-order valence-electron chi connectivity index (χ2n) is 6.05. The van der Waals surface area contributed by atoms with Crippen LogP contribution in [-0.4, -0.2) is 24.9 Å². The topological polar surface area (TPSA) is 42.5 Å². The smallest absolute Gasteiger partial charge is 0.170 e. The van der Waals surface area contributed by atoms with Crippen LogP contribution in [0, 0.1) is 13.8 Å². The maximum Gasteiger partial charge on any atom is 0.170 e. The van der Waals surface area contributed by atoms with E-state index in [0.29, 0.717) is 29.9 Å². The molecule has 2 aromatic carbocycles. The lowest BCUT2D eigenvalue weighted by Crippen LogP contribution is -2.30. The predicted octanol–water partition coefficient (Wildman–Crippen LogP) is 4.26. The van der Waals surface area contributed by atoms with Crippen LogP contribution in [0.25, 0.3) is 0 Å². The summed E-state index contributed by atoms with van der Waals surface area (Å²) in [5.74, 6) is 1.62. The van der Waals surface area contributed by atoms with Crippen LogP contribution in [0.2, 0.25) is 5.02 Å². The van der Waals surface area contributed by atoms with Gasteiger partial charge in [-0.25, -0.2) is 0 Å². The molecule has 6 heteroatoms. The summed E-state index contributed by atoms with van der Waals surface area (Å²) in [6.07, 6.45) is 0.832. The van der Waals surface area contributed by atoms with Crippen molar-refractivity contribution in [3.05, 3.63) is 52.0 Å². The van der Waals surface area contributed by atoms with Gasteiger partial charge in [-0.05, 0) is 67.4 Å². The van der Waals surface area contributed by atoms with Crippen LogP contribution in [0.4, 0.5) is 5.69 Å². The highest BCUT2D eigenvalue weighted by Crippen LogP contribution is 2.31. The first-order chi connectivity index (χ1) is 12.0. The maximum absolute atomic E-state index is 6.30. The van der Waals surface area contributed by atoms with Crippen LogP contribution < -0.4 is 20.1 Å². The summed E-state index contributed by atoms with van der Waals surface area (Å²) in [5, 5.41) is 7.64. The molecule has 3 rings (SSSR count). The van der Waals surface area contributed by atoms with Gasteiger partial charge in [-0.3, -0.25) is 0 Å². The molecule has 0 fully saturated rings. The molecule has 4 nitrogen and oxygen atoms in total. The van der Waals surface area contributed by atoms with E-state index in [1.165, 1.54) is 5.56 Å². The number of benzene rings is 2. The van der Waals surface area contributed by atoms with E-state index in [-0.39, 0.29) is 0 Å². The highest BCUT2D eigenvalue weighted by molar-refractivity contribution is 7.80. The monoisotopic (exact) mass is 376 g/mol. The molecule has 0 radical (unpaired) electrons. The van der Waals surface area contributed by atoms with E-state index in [0.717, 1.165) is 34.7 Å². The van der Waals surface area contributed by atoms with Crippen LogP contribution in [0.1, 0.15) is 16.7 Å². The summed E-state index contributed by atoms with van der Waals surface area (Å²) in [6.45, 7) is 5.95. The fourth-order valence-corrected chi connectivity index (χ4v) is 3.37. The van der Waals surface area contributed by atoms with Crippen molar-refractivity contribution in [3.8, 4) is 11.5 Å². The Labute approximate surface area is 158 Å². The first-order valence-corrected chi connectivity index (χ1v) is 9.01. The Morgan fingerprint density at radius 2 is 1.88 bits per heavy atom. The number of halogens is 1. The van der Waals surface area contributed by atoms with Crippen molar-refractivity contribution in [2.75, 3.05) is 25.1 Å². The third kappa shape index (κ3) is 4.55. The Balaban J connectivity index is 1.53. The number of ether oxygens (including phenoxy) is 2. The lowest BCUT2D eigenvalue weighted by molar-refractivity contribution is 0.171. The quantitative estimate of drug-likeness (QED) is 0.780. The largest absolute Gasteiger partial charge is 0.486 e. The Morgan fingerprint density at radius 1 is 1.12 bits per heavy atom. The van der Waals surface area contributed by atoms with Gasteiger partial charge in [-0.2, -0.15) is 0 Å². The highest BCUT2D eigenvalue weighted by Gasteiger charge is 2.12. The minimum atomic E-state index is 0.561. The van der Waals surface area contributed by atoms with E-state index >= 15 is 0 Å². The van der Waals surface area contributed by atoms with Gasteiger partial charge in [0.25, 0.3) is 0 Å².